The SMILES string of the molecule is C=C(Cl)CSc1nnnn1CCNCC. The fourth-order valence-corrected chi connectivity index (χ4v) is 1.77. The smallest absolute Gasteiger partial charge is 0.209 e. The molecular formula is C8H14ClN5S. The van der Waals surface area contributed by atoms with E-state index in [0.717, 1.165) is 24.8 Å². The van der Waals surface area contributed by atoms with Crippen molar-refractivity contribution in [2.24, 2.45) is 0 Å². The molecule has 0 aliphatic heterocycles. The summed E-state index contributed by atoms with van der Waals surface area (Å²) in [5, 5.41) is 16.0. The van der Waals surface area contributed by atoms with Gasteiger partial charge in [0.1, 0.15) is 0 Å². The molecule has 0 saturated heterocycles. The van der Waals surface area contributed by atoms with Gasteiger partial charge in [-0.1, -0.05) is 36.9 Å². The lowest BCUT2D eigenvalue weighted by molar-refractivity contribution is 0.518. The van der Waals surface area contributed by atoms with Crippen LogP contribution in [0.5, 0.6) is 0 Å². The van der Waals surface area contributed by atoms with E-state index in [1.54, 1.807) is 4.68 Å². The average molecular weight is 248 g/mol. The van der Waals surface area contributed by atoms with E-state index in [4.69, 9.17) is 11.6 Å². The Morgan fingerprint density at radius 1 is 1.67 bits per heavy atom. The second kappa shape index (κ2) is 6.81. The molecule has 5 nitrogen and oxygen atoms in total. The van der Waals surface area contributed by atoms with E-state index >= 15 is 0 Å². The number of tetrazole rings is 1. The van der Waals surface area contributed by atoms with Crippen LogP contribution < -0.4 is 5.32 Å². The van der Waals surface area contributed by atoms with Crippen molar-refractivity contribution in [2.45, 2.75) is 18.6 Å². The van der Waals surface area contributed by atoms with Gasteiger partial charge in [-0.15, -0.1) is 5.10 Å². The molecule has 0 aliphatic carbocycles. The summed E-state index contributed by atoms with van der Waals surface area (Å²) < 4.78 is 1.76. The van der Waals surface area contributed by atoms with Crippen LogP contribution in [0, 0.1) is 0 Å². The maximum absolute atomic E-state index is 5.67. The van der Waals surface area contributed by atoms with Crippen LogP contribution in [0.4, 0.5) is 0 Å². The van der Waals surface area contributed by atoms with Gasteiger partial charge in [0.2, 0.25) is 5.16 Å². The first-order valence-corrected chi connectivity index (χ1v) is 6.03. The molecule has 0 amide bonds. The van der Waals surface area contributed by atoms with Crippen LogP contribution in [-0.2, 0) is 6.54 Å². The highest BCUT2D eigenvalue weighted by Crippen LogP contribution is 2.17. The Morgan fingerprint density at radius 2 is 2.47 bits per heavy atom. The summed E-state index contributed by atoms with van der Waals surface area (Å²) in [6.07, 6.45) is 0. The van der Waals surface area contributed by atoms with Gasteiger partial charge < -0.3 is 5.32 Å². The zero-order chi connectivity index (χ0) is 11.1. The van der Waals surface area contributed by atoms with E-state index < -0.39 is 0 Å². The van der Waals surface area contributed by atoms with Crippen molar-refractivity contribution in [3.63, 3.8) is 0 Å². The van der Waals surface area contributed by atoms with Gasteiger partial charge >= 0.3 is 0 Å². The summed E-state index contributed by atoms with van der Waals surface area (Å²) in [7, 11) is 0. The van der Waals surface area contributed by atoms with E-state index in [9.17, 15) is 0 Å². The molecule has 0 fully saturated rings. The maximum Gasteiger partial charge on any atom is 0.209 e. The van der Waals surface area contributed by atoms with Crippen LogP contribution in [-0.4, -0.2) is 39.0 Å². The van der Waals surface area contributed by atoms with Gasteiger partial charge in [0.05, 0.1) is 6.54 Å². The second-order valence-corrected chi connectivity index (χ2v) is 4.32. The minimum atomic E-state index is 0.598. The maximum atomic E-state index is 5.67. The largest absolute Gasteiger partial charge is 0.315 e. The van der Waals surface area contributed by atoms with Gasteiger partial charge in [0.15, 0.2) is 0 Å². The molecule has 0 radical (unpaired) electrons. The van der Waals surface area contributed by atoms with Gasteiger partial charge in [-0.05, 0) is 17.0 Å². The van der Waals surface area contributed by atoms with Crippen molar-refractivity contribution >= 4 is 23.4 Å². The molecule has 1 aromatic heterocycles. The summed E-state index contributed by atoms with van der Waals surface area (Å²) in [5.41, 5.74) is 0. The molecule has 1 aromatic rings. The molecule has 15 heavy (non-hydrogen) atoms. The predicted octanol–water partition coefficient (Wildman–Crippen LogP) is 1.13. The Morgan fingerprint density at radius 3 is 3.13 bits per heavy atom. The van der Waals surface area contributed by atoms with Crippen molar-refractivity contribution in [2.75, 3.05) is 18.8 Å². The second-order valence-electron chi connectivity index (χ2n) is 2.84. The van der Waals surface area contributed by atoms with E-state index in [0.29, 0.717) is 10.8 Å². The number of rotatable bonds is 7. The van der Waals surface area contributed by atoms with Gasteiger partial charge in [0.25, 0.3) is 0 Å². The third kappa shape index (κ3) is 4.63. The van der Waals surface area contributed by atoms with Crippen molar-refractivity contribution in [1.29, 1.82) is 0 Å². The Labute approximate surface area is 98.3 Å². The highest BCUT2D eigenvalue weighted by Gasteiger charge is 2.05. The zero-order valence-corrected chi connectivity index (χ0v) is 10.2. The van der Waals surface area contributed by atoms with Gasteiger partial charge in [-0.2, -0.15) is 0 Å². The molecule has 0 aliphatic rings. The van der Waals surface area contributed by atoms with Crippen molar-refractivity contribution in [3.05, 3.63) is 11.6 Å². The number of hydrogen-bond donors (Lipinski definition) is 1. The standard InChI is InChI=1S/C8H14ClN5S/c1-3-10-4-5-14-8(11-12-13-14)15-6-7(2)9/h10H,2-6H2,1H3. The molecule has 0 bridgehead atoms. The lowest BCUT2D eigenvalue weighted by Crippen LogP contribution is -2.20. The first kappa shape index (κ1) is 12.5. The molecule has 0 aromatic carbocycles. The lowest BCUT2D eigenvalue weighted by Gasteiger charge is -2.03. The Bertz CT molecular complexity index is 314. The number of nitrogens with zero attached hydrogens (tertiary/aromatic N) is 4. The summed E-state index contributed by atoms with van der Waals surface area (Å²) >= 11 is 7.16. The summed E-state index contributed by atoms with van der Waals surface area (Å²) in [6.45, 7) is 8.24. The number of thioether (sulfide) groups is 1. The third-order valence-electron chi connectivity index (χ3n) is 1.61. The molecule has 1 heterocycles. The van der Waals surface area contributed by atoms with Crippen LogP contribution in [0.25, 0.3) is 0 Å². The average Bonchev–Trinajstić information content (AvgIpc) is 2.63. The molecule has 0 spiro atoms. The molecular weight excluding hydrogens is 234 g/mol. The van der Waals surface area contributed by atoms with Crippen molar-refractivity contribution < 1.29 is 0 Å². The molecule has 84 valence electrons. The number of hydrogen-bond acceptors (Lipinski definition) is 5. The van der Waals surface area contributed by atoms with E-state index in [2.05, 4.69) is 34.3 Å². The zero-order valence-electron chi connectivity index (χ0n) is 8.61. The Balaban J connectivity index is 2.42. The number of halogens is 1. The van der Waals surface area contributed by atoms with E-state index in [1.807, 2.05) is 0 Å². The van der Waals surface area contributed by atoms with E-state index in [-0.39, 0.29) is 0 Å². The topological polar surface area (TPSA) is 55.6 Å². The highest BCUT2D eigenvalue weighted by molar-refractivity contribution is 7.99. The van der Waals surface area contributed by atoms with Gasteiger partial charge in [-0.25, -0.2) is 4.68 Å². The molecule has 1 N–H and O–H groups in total. The lowest BCUT2D eigenvalue weighted by atomic mass is 10.6. The fourth-order valence-electron chi connectivity index (χ4n) is 0.945. The monoisotopic (exact) mass is 247 g/mol. The number of likely N-dealkylation sites (N-methyl/N-ethyl adjacent to an activating group) is 1. The first-order chi connectivity index (χ1) is 7.24. The first-order valence-electron chi connectivity index (χ1n) is 4.67. The molecule has 0 saturated carbocycles. The van der Waals surface area contributed by atoms with Gasteiger partial charge in [0, 0.05) is 17.3 Å². The van der Waals surface area contributed by atoms with Gasteiger partial charge in [-0.3, -0.25) is 0 Å². The quantitative estimate of drug-likeness (QED) is 0.578. The summed E-state index contributed by atoms with van der Waals surface area (Å²) in [5.74, 6) is 0.628. The van der Waals surface area contributed by atoms with Crippen LogP contribution in [0.1, 0.15) is 6.92 Å². The number of nitrogens with one attached hydrogen (secondary N) is 1. The normalized spacial score (nSPS) is 10.5. The van der Waals surface area contributed by atoms with Crippen molar-refractivity contribution in [1.82, 2.24) is 25.5 Å². The Hall–Kier alpha value is -0.590. The van der Waals surface area contributed by atoms with Crippen molar-refractivity contribution in [3.8, 4) is 0 Å². The van der Waals surface area contributed by atoms with Crippen LogP contribution >= 0.6 is 23.4 Å². The van der Waals surface area contributed by atoms with Crippen LogP contribution in [0.3, 0.4) is 0 Å². The molecule has 0 unspecified atom stereocenters. The minimum Gasteiger partial charge on any atom is -0.315 e. The van der Waals surface area contributed by atoms with Crippen LogP contribution in [0.15, 0.2) is 16.8 Å². The van der Waals surface area contributed by atoms with E-state index in [1.165, 1.54) is 11.8 Å². The minimum absolute atomic E-state index is 0.598. The molecule has 1 rings (SSSR count). The van der Waals surface area contributed by atoms with Crippen LogP contribution in [0.2, 0.25) is 0 Å². The summed E-state index contributed by atoms with van der Waals surface area (Å²) in [6, 6.07) is 0. The fraction of sp³-hybridized carbons (Fsp3) is 0.625. The predicted molar refractivity (Wildman–Crippen MR) is 62.1 cm³/mol. The highest BCUT2D eigenvalue weighted by atomic mass is 35.5. The number of aromatic nitrogens is 4. The summed E-state index contributed by atoms with van der Waals surface area (Å²) in [4.78, 5) is 0. The Kier molecular flexibility index (Phi) is 5.67. The molecule has 0 atom stereocenters. The molecule has 7 heteroatoms. The third-order valence-corrected chi connectivity index (χ3v) is 2.94.